The van der Waals surface area contributed by atoms with Crippen molar-refractivity contribution in [2.75, 3.05) is 0 Å². The first kappa shape index (κ1) is 21.1. The molecule has 0 bridgehead atoms. The molecular formula is C20H39N4. The average Bonchev–Trinajstić information content (AvgIpc) is 3.11. The van der Waals surface area contributed by atoms with E-state index in [0.717, 1.165) is 12.3 Å². The molecule has 0 fully saturated rings. The minimum absolute atomic E-state index is 0.994. The second kappa shape index (κ2) is 15.6. The van der Waals surface area contributed by atoms with Crippen LogP contribution in [0.15, 0.2) is 6.33 Å². The summed E-state index contributed by atoms with van der Waals surface area (Å²) < 4.78 is 1.70. The molecule has 1 atom stereocenters. The Morgan fingerprint density at radius 2 is 1.46 bits per heavy atom. The summed E-state index contributed by atoms with van der Waals surface area (Å²) in [6.45, 7) is 6.73. The second-order valence-electron chi connectivity index (χ2n) is 7.15. The van der Waals surface area contributed by atoms with Crippen LogP contribution in [0, 0.1) is 12.5 Å². The van der Waals surface area contributed by atoms with E-state index < -0.39 is 0 Å². The van der Waals surface area contributed by atoms with Crippen molar-refractivity contribution in [1.82, 2.24) is 20.2 Å². The topological polar surface area (TPSA) is 43.6 Å². The van der Waals surface area contributed by atoms with Gasteiger partial charge >= 0.3 is 0 Å². The number of tetrazole rings is 1. The predicted molar refractivity (Wildman–Crippen MR) is 102 cm³/mol. The van der Waals surface area contributed by atoms with Crippen molar-refractivity contribution in [2.45, 2.75) is 110 Å². The van der Waals surface area contributed by atoms with E-state index in [1.807, 2.05) is 0 Å². The first-order chi connectivity index (χ1) is 11.9. The lowest BCUT2D eigenvalue weighted by Crippen LogP contribution is -1.99. The Bertz CT molecular complexity index is 351. The summed E-state index contributed by atoms with van der Waals surface area (Å²) in [4.78, 5) is 0. The summed E-state index contributed by atoms with van der Waals surface area (Å²) in [5, 5.41) is 11.1. The lowest BCUT2D eigenvalue weighted by atomic mass is 9.92. The second-order valence-corrected chi connectivity index (χ2v) is 7.15. The monoisotopic (exact) mass is 335 g/mol. The third-order valence-corrected chi connectivity index (χ3v) is 5.04. The Morgan fingerprint density at radius 1 is 0.833 bits per heavy atom. The fourth-order valence-corrected chi connectivity index (χ4v) is 3.35. The van der Waals surface area contributed by atoms with Gasteiger partial charge in [-0.05, 0) is 22.8 Å². The Hall–Kier alpha value is -0.930. The molecular weight excluding hydrogens is 296 g/mol. The van der Waals surface area contributed by atoms with Crippen LogP contribution in [0.3, 0.4) is 0 Å². The van der Waals surface area contributed by atoms with Gasteiger partial charge in [0.1, 0.15) is 6.33 Å². The zero-order valence-electron chi connectivity index (χ0n) is 16.1. The standard InChI is InChI=1S/C20H39N4/c1-3-5-13-16-20(4-2)17-14-11-9-7-6-8-10-12-15-18-24-19-21-22-23-24/h18-20H,3-17H2,1-2H3. The number of hydrogen-bond donors (Lipinski definition) is 0. The van der Waals surface area contributed by atoms with E-state index in [2.05, 4.69) is 35.9 Å². The Kier molecular flexibility index (Phi) is 13.7. The molecule has 1 heterocycles. The molecule has 0 aliphatic carbocycles. The van der Waals surface area contributed by atoms with Crippen LogP contribution in [0.1, 0.15) is 110 Å². The number of hydrogen-bond acceptors (Lipinski definition) is 3. The van der Waals surface area contributed by atoms with Crippen LogP contribution in [0.2, 0.25) is 0 Å². The van der Waals surface area contributed by atoms with Crippen LogP contribution in [-0.2, 0) is 0 Å². The maximum Gasteiger partial charge on any atom is 0.138 e. The van der Waals surface area contributed by atoms with Crippen LogP contribution in [0.25, 0.3) is 0 Å². The van der Waals surface area contributed by atoms with Crippen LogP contribution >= 0.6 is 0 Å². The summed E-state index contributed by atoms with van der Waals surface area (Å²) in [6.07, 6.45) is 22.3. The molecule has 0 spiro atoms. The van der Waals surface area contributed by atoms with Crippen LogP contribution in [0.5, 0.6) is 0 Å². The van der Waals surface area contributed by atoms with Gasteiger partial charge in [0.05, 0.1) is 6.54 Å². The summed E-state index contributed by atoms with van der Waals surface area (Å²) in [5.41, 5.74) is 0. The van der Waals surface area contributed by atoms with Crippen molar-refractivity contribution in [3.63, 3.8) is 0 Å². The van der Waals surface area contributed by atoms with Gasteiger partial charge in [-0.1, -0.05) is 104 Å². The van der Waals surface area contributed by atoms with Crippen molar-refractivity contribution in [1.29, 1.82) is 0 Å². The molecule has 1 unspecified atom stereocenters. The van der Waals surface area contributed by atoms with Crippen molar-refractivity contribution >= 4 is 0 Å². The molecule has 4 heteroatoms. The third-order valence-electron chi connectivity index (χ3n) is 5.04. The number of rotatable bonds is 17. The van der Waals surface area contributed by atoms with E-state index in [9.17, 15) is 0 Å². The Morgan fingerprint density at radius 3 is 2.04 bits per heavy atom. The SMILES string of the molecule is CCCCCC(CC)CCCCCCCCCC[CH]n1cnnn1. The summed E-state index contributed by atoms with van der Waals surface area (Å²) >= 11 is 0. The molecule has 1 aromatic heterocycles. The van der Waals surface area contributed by atoms with Crippen molar-refractivity contribution < 1.29 is 0 Å². The van der Waals surface area contributed by atoms with Crippen molar-refractivity contribution in [3.8, 4) is 0 Å². The predicted octanol–water partition coefficient (Wildman–Crippen LogP) is 6.19. The van der Waals surface area contributed by atoms with Crippen LogP contribution < -0.4 is 0 Å². The molecule has 1 rings (SSSR count). The Balaban J connectivity index is 1.79. The smallest absolute Gasteiger partial charge is 0.138 e. The average molecular weight is 336 g/mol. The highest BCUT2D eigenvalue weighted by Crippen LogP contribution is 2.21. The highest BCUT2D eigenvalue weighted by molar-refractivity contribution is 4.66. The molecule has 0 amide bonds. The first-order valence-electron chi connectivity index (χ1n) is 10.4. The van der Waals surface area contributed by atoms with Crippen molar-refractivity contribution in [3.05, 3.63) is 12.9 Å². The first-order valence-corrected chi connectivity index (χ1v) is 10.4. The van der Waals surface area contributed by atoms with Crippen LogP contribution in [-0.4, -0.2) is 20.2 Å². The Labute approximate surface area is 149 Å². The van der Waals surface area contributed by atoms with Gasteiger partial charge in [0.25, 0.3) is 0 Å². The maximum absolute atomic E-state index is 3.83. The fraction of sp³-hybridized carbons (Fsp3) is 0.900. The van der Waals surface area contributed by atoms with E-state index in [-0.39, 0.29) is 0 Å². The molecule has 0 N–H and O–H groups in total. The lowest BCUT2D eigenvalue weighted by molar-refractivity contribution is 0.395. The quantitative estimate of drug-likeness (QED) is 0.319. The molecule has 0 saturated heterocycles. The van der Waals surface area contributed by atoms with E-state index in [1.165, 1.54) is 89.9 Å². The van der Waals surface area contributed by atoms with E-state index in [0.29, 0.717) is 0 Å². The van der Waals surface area contributed by atoms with E-state index in [4.69, 9.17) is 0 Å². The minimum Gasteiger partial charge on any atom is -0.227 e. The summed E-state index contributed by atoms with van der Waals surface area (Å²) in [6, 6.07) is 0. The normalized spacial score (nSPS) is 12.6. The lowest BCUT2D eigenvalue weighted by Gasteiger charge is -2.14. The molecule has 1 radical (unpaired) electrons. The molecule has 0 aliphatic rings. The van der Waals surface area contributed by atoms with Gasteiger partial charge in [0, 0.05) is 0 Å². The van der Waals surface area contributed by atoms with Gasteiger partial charge in [0.15, 0.2) is 0 Å². The van der Waals surface area contributed by atoms with E-state index in [1.54, 1.807) is 11.0 Å². The number of nitrogens with zero attached hydrogens (tertiary/aromatic N) is 4. The third kappa shape index (κ3) is 11.6. The zero-order valence-corrected chi connectivity index (χ0v) is 16.1. The van der Waals surface area contributed by atoms with Crippen LogP contribution in [0.4, 0.5) is 0 Å². The molecule has 0 aromatic carbocycles. The molecule has 4 nitrogen and oxygen atoms in total. The van der Waals surface area contributed by atoms with E-state index >= 15 is 0 Å². The highest BCUT2D eigenvalue weighted by Gasteiger charge is 2.05. The minimum atomic E-state index is 0.994. The van der Waals surface area contributed by atoms with Crippen molar-refractivity contribution in [2.24, 2.45) is 5.92 Å². The van der Waals surface area contributed by atoms with Gasteiger partial charge in [-0.15, -0.1) is 5.10 Å². The molecule has 24 heavy (non-hydrogen) atoms. The van der Waals surface area contributed by atoms with Gasteiger partial charge in [-0.2, -0.15) is 0 Å². The summed E-state index contributed by atoms with van der Waals surface area (Å²) in [5.74, 6) is 0.994. The molecule has 0 saturated carbocycles. The van der Waals surface area contributed by atoms with Gasteiger partial charge in [-0.3, -0.25) is 0 Å². The van der Waals surface area contributed by atoms with Gasteiger partial charge in [-0.25, -0.2) is 4.68 Å². The number of aromatic nitrogens is 4. The van der Waals surface area contributed by atoms with Gasteiger partial charge in [0.2, 0.25) is 0 Å². The maximum atomic E-state index is 3.83. The molecule has 1 aromatic rings. The molecule has 139 valence electrons. The highest BCUT2D eigenvalue weighted by atomic mass is 15.5. The number of unbranched alkanes of at least 4 members (excludes halogenated alkanes) is 10. The molecule has 0 aliphatic heterocycles. The zero-order chi connectivity index (χ0) is 17.3. The van der Waals surface area contributed by atoms with Gasteiger partial charge < -0.3 is 0 Å². The fourth-order valence-electron chi connectivity index (χ4n) is 3.35. The largest absolute Gasteiger partial charge is 0.227 e. The summed E-state index contributed by atoms with van der Waals surface area (Å²) in [7, 11) is 0.